The molecule has 0 radical (unpaired) electrons. The number of aliphatic hydroxyl groups is 1. The molecule has 5 rings (SSSR count). The van der Waals surface area contributed by atoms with Crippen molar-refractivity contribution in [3.8, 4) is 5.75 Å². The van der Waals surface area contributed by atoms with E-state index in [0.29, 0.717) is 66.8 Å². The van der Waals surface area contributed by atoms with Crippen molar-refractivity contribution in [3.63, 3.8) is 0 Å². The lowest BCUT2D eigenvalue weighted by Crippen LogP contribution is -2.42. The van der Waals surface area contributed by atoms with Crippen molar-refractivity contribution in [2.45, 2.75) is 63.6 Å². The second kappa shape index (κ2) is 14.7. The summed E-state index contributed by atoms with van der Waals surface area (Å²) in [6.45, 7) is 1.95. The Labute approximate surface area is 259 Å². The van der Waals surface area contributed by atoms with Crippen LogP contribution in [0.3, 0.4) is 0 Å². The SMILES string of the molecule is O=C(NC[C@H](O)CN1CCc2c(ccc(OCc3cnco3)c2Cl)C1)c1ccnc(NC2CCC(C(F)(F)F)CC2)c1.S. The van der Waals surface area contributed by atoms with E-state index in [1.54, 1.807) is 18.3 Å². The maximum absolute atomic E-state index is 12.9. The van der Waals surface area contributed by atoms with Gasteiger partial charge < -0.3 is 24.9 Å². The molecule has 9 nitrogen and oxygen atoms in total. The Bertz CT molecular complexity index is 1360. The van der Waals surface area contributed by atoms with E-state index in [-0.39, 0.29) is 51.4 Å². The predicted molar refractivity (Wildman–Crippen MR) is 160 cm³/mol. The number of amides is 1. The second-order valence-corrected chi connectivity index (χ2v) is 11.2. The summed E-state index contributed by atoms with van der Waals surface area (Å²) in [5, 5.41) is 17.1. The van der Waals surface area contributed by atoms with Crippen LogP contribution in [0.4, 0.5) is 19.0 Å². The average molecular weight is 642 g/mol. The zero-order valence-corrected chi connectivity index (χ0v) is 25.1. The smallest absolute Gasteiger partial charge is 0.391 e. The van der Waals surface area contributed by atoms with Crippen molar-refractivity contribution in [1.82, 2.24) is 20.2 Å². The fourth-order valence-electron chi connectivity index (χ4n) is 5.48. The van der Waals surface area contributed by atoms with E-state index in [0.717, 1.165) is 11.1 Å². The number of carbonyl (C=O) groups is 1. The van der Waals surface area contributed by atoms with Gasteiger partial charge in [-0.3, -0.25) is 9.69 Å². The summed E-state index contributed by atoms with van der Waals surface area (Å²) in [6, 6.07) is 6.80. The van der Waals surface area contributed by atoms with Gasteiger partial charge in [0.15, 0.2) is 12.2 Å². The average Bonchev–Trinajstić information content (AvgIpc) is 3.49. The first-order valence-corrected chi connectivity index (χ1v) is 14.3. The van der Waals surface area contributed by atoms with Gasteiger partial charge in [-0.15, -0.1) is 0 Å². The molecule has 1 aliphatic heterocycles. The molecular weight excluding hydrogens is 607 g/mol. The number of carbonyl (C=O) groups excluding carboxylic acids is 1. The first-order chi connectivity index (χ1) is 20.2. The number of anilines is 1. The Morgan fingerprint density at radius 2 is 2.02 bits per heavy atom. The minimum atomic E-state index is -4.16. The number of halogens is 4. The van der Waals surface area contributed by atoms with Crippen LogP contribution in [0.25, 0.3) is 0 Å². The fourth-order valence-corrected chi connectivity index (χ4v) is 5.81. The minimum Gasteiger partial charge on any atom is -0.484 e. The molecule has 14 heteroatoms. The molecule has 234 valence electrons. The molecule has 43 heavy (non-hydrogen) atoms. The molecular formula is C29H35ClF3N5O4S. The lowest BCUT2D eigenvalue weighted by atomic mass is 9.85. The number of nitrogens with one attached hydrogen (secondary N) is 2. The molecule has 1 saturated carbocycles. The van der Waals surface area contributed by atoms with Crippen LogP contribution in [-0.2, 0) is 19.6 Å². The van der Waals surface area contributed by atoms with Crippen LogP contribution in [0, 0.1) is 5.92 Å². The molecule has 2 aliphatic rings. The Kier molecular flexibility index (Phi) is 11.2. The second-order valence-electron chi connectivity index (χ2n) is 10.8. The lowest BCUT2D eigenvalue weighted by molar-refractivity contribution is -0.182. The summed E-state index contributed by atoms with van der Waals surface area (Å²) in [4.78, 5) is 22.9. The van der Waals surface area contributed by atoms with Gasteiger partial charge in [-0.1, -0.05) is 17.7 Å². The van der Waals surface area contributed by atoms with Crippen LogP contribution in [0.5, 0.6) is 5.75 Å². The highest BCUT2D eigenvalue weighted by atomic mass is 35.5. The predicted octanol–water partition coefficient (Wildman–Crippen LogP) is 5.10. The summed E-state index contributed by atoms with van der Waals surface area (Å²) < 4.78 is 49.8. The monoisotopic (exact) mass is 641 g/mol. The van der Waals surface area contributed by atoms with Crippen LogP contribution < -0.4 is 15.4 Å². The number of ether oxygens (including phenoxy) is 1. The number of rotatable bonds is 10. The molecule has 0 bridgehead atoms. The number of alkyl halides is 3. The maximum Gasteiger partial charge on any atom is 0.391 e. The molecule has 0 unspecified atom stereocenters. The zero-order valence-electron chi connectivity index (χ0n) is 23.4. The van der Waals surface area contributed by atoms with E-state index >= 15 is 0 Å². The highest BCUT2D eigenvalue weighted by molar-refractivity contribution is 7.59. The van der Waals surface area contributed by atoms with Crippen molar-refractivity contribution in [3.05, 3.63) is 70.5 Å². The van der Waals surface area contributed by atoms with Crippen molar-refractivity contribution in [2.24, 2.45) is 5.92 Å². The van der Waals surface area contributed by atoms with Crippen LogP contribution in [0.15, 0.2) is 47.5 Å². The summed E-state index contributed by atoms with van der Waals surface area (Å²) in [7, 11) is 0. The quantitative estimate of drug-likeness (QED) is 0.281. The number of aromatic nitrogens is 2. The third-order valence-electron chi connectivity index (χ3n) is 7.76. The first kappa shape index (κ1) is 32.9. The number of aliphatic hydroxyl groups excluding tert-OH is 1. The van der Waals surface area contributed by atoms with Gasteiger partial charge in [0, 0.05) is 44.0 Å². The minimum absolute atomic E-state index is 0. The van der Waals surface area contributed by atoms with Gasteiger partial charge in [0.1, 0.15) is 18.2 Å². The molecule has 1 aliphatic carbocycles. The standard InChI is InChI=1S/C29H33ClF3N5O4.H2S/c30-27-24-8-10-38(14-19(24)1-6-25(27)41-16-23-13-34-17-42-23)15-22(39)12-36-28(40)18-7-9-35-26(11-18)37-21-4-2-20(3-5-21)29(31,32)33;/h1,6-7,9,11,13,17,20-22,39H,2-5,8,10,12,14-16H2,(H,35,37)(H,36,40);1H2/t20?,21?,22-;/m0./s1. The number of pyridine rings is 1. The number of fused-ring (bicyclic) bond motifs is 1. The van der Waals surface area contributed by atoms with E-state index in [1.165, 1.54) is 12.6 Å². The number of hydrogen-bond acceptors (Lipinski definition) is 8. The Hall–Kier alpha value is -3.00. The van der Waals surface area contributed by atoms with Gasteiger partial charge in [-0.05, 0) is 61.4 Å². The van der Waals surface area contributed by atoms with Crippen LogP contribution in [0.1, 0.15) is 52.9 Å². The van der Waals surface area contributed by atoms with Crippen LogP contribution in [0.2, 0.25) is 5.02 Å². The van der Waals surface area contributed by atoms with Gasteiger partial charge in [0.25, 0.3) is 5.91 Å². The third kappa shape index (κ3) is 8.78. The number of oxazole rings is 1. The van der Waals surface area contributed by atoms with Crippen molar-refractivity contribution >= 4 is 36.8 Å². The van der Waals surface area contributed by atoms with E-state index in [4.69, 9.17) is 20.8 Å². The molecule has 1 fully saturated rings. The van der Waals surface area contributed by atoms with Gasteiger partial charge in [0.2, 0.25) is 0 Å². The van der Waals surface area contributed by atoms with Crippen LogP contribution >= 0.6 is 25.1 Å². The van der Waals surface area contributed by atoms with Gasteiger partial charge >= 0.3 is 6.18 Å². The third-order valence-corrected chi connectivity index (χ3v) is 8.18. The van der Waals surface area contributed by atoms with E-state index < -0.39 is 18.2 Å². The molecule has 0 saturated heterocycles. The highest BCUT2D eigenvalue weighted by Crippen LogP contribution is 2.38. The van der Waals surface area contributed by atoms with E-state index in [2.05, 4.69) is 25.5 Å². The van der Waals surface area contributed by atoms with Crippen molar-refractivity contribution in [1.29, 1.82) is 0 Å². The van der Waals surface area contributed by atoms with E-state index in [9.17, 15) is 23.1 Å². The summed E-state index contributed by atoms with van der Waals surface area (Å²) in [6.07, 6.45) is 1.09. The maximum atomic E-state index is 12.9. The first-order valence-electron chi connectivity index (χ1n) is 13.9. The number of β-amino-alcohol motifs (C(OH)–C–C–N with tert-alkyl or cyclic N) is 1. The summed E-state index contributed by atoms with van der Waals surface area (Å²) >= 11 is 6.61. The van der Waals surface area contributed by atoms with Gasteiger partial charge in [-0.2, -0.15) is 26.7 Å². The Balaban J connectivity index is 0.00000423. The molecule has 1 aromatic carbocycles. The topological polar surface area (TPSA) is 113 Å². The molecule has 3 N–H and O–H groups in total. The summed E-state index contributed by atoms with van der Waals surface area (Å²) in [5.74, 6) is -0.00783. The molecule has 1 atom stereocenters. The van der Waals surface area contributed by atoms with Crippen molar-refractivity contribution in [2.75, 3.05) is 25.0 Å². The van der Waals surface area contributed by atoms with Gasteiger partial charge in [-0.25, -0.2) is 9.97 Å². The van der Waals surface area contributed by atoms with Crippen molar-refractivity contribution < 1.29 is 32.2 Å². The van der Waals surface area contributed by atoms with Crippen LogP contribution in [-0.4, -0.2) is 63.8 Å². The Morgan fingerprint density at radius 1 is 1.23 bits per heavy atom. The number of benzene rings is 1. The highest BCUT2D eigenvalue weighted by Gasteiger charge is 2.41. The van der Waals surface area contributed by atoms with E-state index in [1.807, 2.05) is 12.1 Å². The molecule has 1 amide bonds. The lowest BCUT2D eigenvalue weighted by Gasteiger charge is -2.31. The number of hydrogen-bond donors (Lipinski definition) is 3. The fraction of sp³-hybridized carbons (Fsp3) is 0.483. The molecule has 3 aromatic rings. The zero-order chi connectivity index (χ0) is 29.7. The molecule has 2 aromatic heterocycles. The molecule has 0 spiro atoms. The number of nitrogens with zero attached hydrogens (tertiary/aromatic N) is 3. The summed E-state index contributed by atoms with van der Waals surface area (Å²) in [5.41, 5.74) is 2.42. The Morgan fingerprint density at radius 3 is 2.74 bits per heavy atom. The largest absolute Gasteiger partial charge is 0.484 e. The molecule has 3 heterocycles. The normalized spacial score (nSPS) is 19.6. The van der Waals surface area contributed by atoms with Gasteiger partial charge in [0.05, 0.1) is 23.2 Å².